The first kappa shape index (κ1) is 15.9. The fourth-order valence-corrected chi connectivity index (χ4v) is 3.10. The number of amides is 1. The van der Waals surface area contributed by atoms with Gasteiger partial charge < -0.3 is 0 Å². The molecule has 3 aromatic rings. The van der Waals surface area contributed by atoms with E-state index in [1.807, 2.05) is 6.07 Å². The van der Waals surface area contributed by atoms with Crippen molar-refractivity contribution in [3.05, 3.63) is 69.2 Å². The molecule has 0 aliphatic rings. The minimum atomic E-state index is -0.347. The molecule has 0 saturated heterocycles. The van der Waals surface area contributed by atoms with Gasteiger partial charge in [-0.3, -0.25) is 15.1 Å². The fraction of sp³-hybridized carbons (Fsp3) is 0.0667. The summed E-state index contributed by atoms with van der Waals surface area (Å²) in [6, 6.07) is 5.32. The van der Waals surface area contributed by atoms with Gasteiger partial charge in [0.1, 0.15) is 5.69 Å². The van der Waals surface area contributed by atoms with Crippen LogP contribution in [0, 0.1) is 0 Å². The minimum Gasteiger partial charge on any atom is -0.296 e. The molecule has 1 aromatic carbocycles. The first-order valence-electron chi connectivity index (χ1n) is 6.58. The predicted molar refractivity (Wildman–Crippen MR) is 91.4 cm³/mol. The zero-order chi connectivity index (χ0) is 16.2. The second-order valence-corrected chi connectivity index (χ2v) is 6.55. The molecule has 0 aliphatic carbocycles. The van der Waals surface area contributed by atoms with E-state index in [-0.39, 0.29) is 11.6 Å². The molecule has 0 unspecified atom stereocenters. The molecule has 1 N–H and O–H groups in total. The first-order valence-corrected chi connectivity index (χ1v) is 8.15. The van der Waals surface area contributed by atoms with Gasteiger partial charge in [0.25, 0.3) is 5.91 Å². The number of nitrogens with one attached hydrogen (secondary N) is 1. The molecule has 116 valence electrons. The third-order valence-corrected chi connectivity index (χ3v) is 4.46. The van der Waals surface area contributed by atoms with E-state index >= 15 is 0 Å². The average molecular weight is 365 g/mol. The summed E-state index contributed by atoms with van der Waals surface area (Å²) in [6.07, 6.45) is 6.66. The third-order valence-electron chi connectivity index (χ3n) is 2.94. The predicted octanol–water partition coefficient (Wildman–Crippen LogP) is 4.08. The largest absolute Gasteiger partial charge is 0.296 e. The highest BCUT2D eigenvalue weighted by Crippen LogP contribution is 2.27. The zero-order valence-electron chi connectivity index (χ0n) is 11.7. The van der Waals surface area contributed by atoms with Gasteiger partial charge in [0.15, 0.2) is 5.13 Å². The summed E-state index contributed by atoms with van der Waals surface area (Å²) in [7, 11) is 0. The number of benzene rings is 1. The van der Waals surface area contributed by atoms with E-state index in [1.54, 1.807) is 18.3 Å². The molecule has 3 rings (SSSR count). The van der Waals surface area contributed by atoms with Crippen molar-refractivity contribution in [3.8, 4) is 0 Å². The molecular formula is C15H10Cl2N4OS. The maximum absolute atomic E-state index is 12.0. The Kier molecular flexibility index (Phi) is 4.85. The molecule has 0 saturated carbocycles. The third kappa shape index (κ3) is 4.04. The van der Waals surface area contributed by atoms with E-state index in [4.69, 9.17) is 23.2 Å². The summed E-state index contributed by atoms with van der Waals surface area (Å²) >= 11 is 13.5. The van der Waals surface area contributed by atoms with Crippen LogP contribution in [0.15, 0.2) is 43.0 Å². The molecule has 5 nitrogen and oxygen atoms in total. The van der Waals surface area contributed by atoms with Crippen molar-refractivity contribution in [2.24, 2.45) is 0 Å². The molecule has 0 fully saturated rings. The van der Waals surface area contributed by atoms with Crippen molar-refractivity contribution >= 4 is 45.6 Å². The van der Waals surface area contributed by atoms with Gasteiger partial charge in [-0.1, -0.05) is 23.2 Å². The van der Waals surface area contributed by atoms with E-state index in [9.17, 15) is 4.79 Å². The van der Waals surface area contributed by atoms with Crippen molar-refractivity contribution in [1.82, 2.24) is 15.0 Å². The maximum Gasteiger partial charge on any atom is 0.277 e. The van der Waals surface area contributed by atoms with Gasteiger partial charge in [-0.05, 0) is 23.8 Å². The Hall–Kier alpha value is -2.02. The van der Waals surface area contributed by atoms with Crippen LogP contribution in [0.1, 0.15) is 20.9 Å². The summed E-state index contributed by atoms with van der Waals surface area (Å²) in [5.41, 5.74) is 1.15. The van der Waals surface area contributed by atoms with Crippen LogP contribution >= 0.6 is 34.5 Å². The van der Waals surface area contributed by atoms with Gasteiger partial charge in [-0.2, -0.15) is 0 Å². The summed E-state index contributed by atoms with van der Waals surface area (Å²) in [5, 5.41) is 4.47. The lowest BCUT2D eigenvalue weighted by Crippen LogP contribution is -2.13. The van der Waals surface area contributed by atoms with Crippen LogP contribution in [0.3, 0.4) is 0 Å². The number of carbonyl (C=O) groups excluding carboxylic acids is 1. The topological polar surface area (TPSA) is 67.8 Å². The molecule has 23 heavy (non-hydrogen) atoms. The van der Waals surface area contributed by atoms with Gasteiger partial charge in [0, 0.05) is 39.9 Å². The number of anilines is 1. The maximum atomic E-state index is 12.0. The Morgan fingerprint density at radius 1 is 1.17 bits per heavy atom. The SMILES string of the molecule is O=C(Nc1ncc(Cc2cc(Cl)ccc2Cl)s1)c1cnccn1. The van der Waals surface area contributed by atoms with Crippen molar-refractivity contribution in [1.29, 1.82) is 0 Å². The molecule has 0 spiro atoms. The Morgan fingerprint density at radius 3 is 2.83 bits per heavy atom. The molecule has 2 heterocycles. The van der Waals surface area contributed by atoms with Gasteiger partial charge in [-0.25, -0.2) is 9.97 Å². The van der Waals surface area contributed by atoms with Gasteiger partial charge in [0.05, 0.1) is 6.20 Å². The lowest BCUT2D eigenvalue weighted by molar-refractivity contribution is 0.102. The smallest absolute Gasteiger partial charge is 0.277 e. The summed E-state index contributed by atoms with van der Waals surface area (Å²) in [6.45, 7) is 0. The normalized spacial score (nSPS) is 10.5. The summed E-state index contributed by atoms with van der Waals surface area (Å²) < 4.78 is 0. The number of rotatable bonds is 4. The highest BCUT2D eigenvalue weighted by Gasteiger charge is 2.11. The van der Waals surface area contributed by atoms with E-state index in [1.165, 1.54) is 29.9 Å². The van der Waals surface area contributed by atoms with Crippen molar-refractivity contribution in [3.63, 3.8) is 0 Å². The average Bonchev–Trinajstić information content (AvgIpc) is 2.99. The van der Waals surface area contributed by atoms with Crippen LogP contribution in [0.25, 0.3) is 0 Å². The van der Waals surface area contributed by atoms with Crippen LogP contribution in [0.4, 0.5) is 5.13 Å². The summed E-state index contributed by atoms with van der Waals surface area (Å²) in [5.74, 6) is -0.347. The van der Waals surface area contributed by atoms with Gasteiger partial charge >= 0.3 is 0 Å². The standard InChI is InChI=1S/C15H10Cl2N4OS/c16-10-1-2-12(17)9(5-10)6-11-7-20-15(23-11)21-14(22)13-8-18-3-4-19-13/h1-5,7-8H,6H2,(H,20,21,22). The Labute approximate surface area is 146 Å². The molecule has 1 amide bonds. The molecule has 0 radical (unpaired) electrons. The number of nitrogens with zero attached hydrogens (tertiary/aromatic N) is 3. The Morgan fingerprint density at radius 2 is 2.04 bits per heavy atom. The van der Waals surface area contributed by atoms with E-state index in [0.717, 1.165) is 10.4 Å². The lowest BCUT2D eigenvalue weighted by Gasteiger charge is -2.02. The first-order chi connectivity index (χ1) is 11.1. The molecule has 2 aromatic heterocycles. The second kappa shape index (κ2) is 7.04. The fourth-order valence-electron chi connectivity index (χ4n) is 1.89. The second-order valence-electron chi connectivity index (χ2n) is 4.59. The van der Waals surface area contributed by atoms with Crippen LogP contribution in [0.2, 0.25) is 10.0 Å². The van der Waals surface area contributed by atoms with Crippen molar-refractivity contribution in [2.75, 3.05) is 5.32 Å². The zero-order valence-corrected chi connectivity index (χ0v) is 14.0. The molecule has 0 bridgehead atoms. The number of halogens is 2. The molecule has 0 aliphatic heterocycles. The van der Waals surface area contributed by atoms with E-state index in [0.29, 0.717) is 21.6 Å². The van der Waals surface area contributed by atoms with Crippen LogP contribution in [0.5, 0.6) is 0 Å². The highest BCUT2D eigenvalue weighted by atomic mass is 35.5. The summed E-state index contributed by atoms with van der Waals surface area (Å²) in [4.78, 5) is 24.9. The molecular weight excluding hydrogens is 355 g/mol. The van der Waals surface area contributed by atoms with E-state index in [2.05, 4.69) is 20.3 Å². The number of hydrogen-bond acceptors (Lipinski definition) is 5. The number of thiazole rings is 1. The number of aromatic nitrogens is 3. The monoisotopic (exact) mass is 364 g/mol. The quantitative estimate of drug-likeness (QED) is 0.756. The Balaban J connectivity index is 1.71. The number of carbonyl (C=O) groups is 1. The minimum absolute atomic E-state index is 0.238. The Bertz CT molecular complexity index is 839. The van der Waals surface area contributed by atoms with Gasteiger partial charge in [-0.15, -0.1) is 11.3 Å². The van der Waals surface area contributed by atoms with Crippen LogP contribution < -0.4 is 5.32 Å². The van der Waals surface area contributed by atoms with Gasteiger partial charge in [0.2, 0.25) is 0 Å². The van der Waals surface area contributed by atoms with Crippen LogP contribution in [-0.2, 0) is 6.42 Å². The van der Waals surface area contributed by atoms with Crippen molar-refractivity contribution < 1.29 is 4.79 Å². The lowest BCUT2D eigenvalue weighted by atomic mass is 10.1. The molecule has 0 atom stereocenters. The van der Waals surface area contributed by atoms with E-state index < -0.39 is 0 Å². The number of hydrogen-bond donors (Lipinski definition) is 1. The highest BCUT2D eigenvalue weighted by molar-refractivity contribution is 7.15. The van der Waals surface area contributed by atoms with Crippen LogP contribution in [-0.4, -0.2) is 20.9 Å². The van der Waals surface area contributed by atoms with Crippen molar-refractivity contribution in [2.45, 2.75) is 6.42 Å². The molecule has 8 heteroatoms.